The van der Waals surface area contributed by atoms with Gasteiger partial charge in [-0.15, -0.1) is 0 Å². The van der Waals surface area contributed by atoms with Crippen LogP contribution in [0, 0.1) is 12.7 Å². The summed E-state index contributed by atoms with van der Waals surface area (Å²) in [5, 5.41) is 0.817. The predicted octanol–water partition coefficient (Wildman–Crippen LogP) is 7.88. The van der Waals surface area contributed by atoms with Gasteiger partial charge in [0.05, 0.1) is 0 Å². The lowest BCUT2D eigenvalue weighted by Crippen LogP contribution is -2.17. The SMILES string of the molecule is Cc1cc(C(C)(C)CCCc2cccc(Oc3ccc(F)cc3)c2)ccc1Cl. The van der Waals surface area contributed by atoms with Gasteiger partial charge in [-0.2, -0.15) is 0 Å². The van der Waals surface area contributed by atoms with Crippen molar-refractivity contribution in [3.63, 3.8) is 0 Å². The Kier molecular flexibility index (Phi) is 6.41. The summed E-state index contributed by atoms with van der Waals surface area (Å²) in [5.41, 5.74) is 3.78. The molecule has 1 nitrogen and oxygen atoms in total. The fourth-order valence-corrected chi connectivity index (χ4v) is 3.47. The third kappa shape index (κ3) is 5.36. The third-order valence-electron chi connectivity index (χ3n) is 5.15. The highest BCUT2D eigenvalue weighted by Gasteiger charge is 2.20. The minimum absolute atomic E-state index is 0.0948. The number of hydrogen-bond donors (Lipinski definition) is 0. The van der Waals surface area contributed by atoms with E-state index in [0.29, 0.717) is 5.75 Å². The van der Waals surface area contributed by atoms with Crippen LogP contribution in [0.5, 0.6) is 11.5 Å². The van der Waals surface area contributed by atoms with Crippen LogP contribution in [-0.4, -0.2) is 0 Å². The molecule has 0 spiro atoms. The zero-order chi connectivity index (χ0) is 20.1. The van der Waals surface area contributed by atoms with Crippen LogP contribution in [0.3, 0.4) is 0 Å². The molecule has 0 aromatic heterocycles. The molecular weight excluding hydrogens is 371 g/mol. The first kappa shape index (κ1) is 20.4. The molecule has 0 aliphatic heterocycles. The smallest absolute Gasteiger partial charge is 0.127 e. The minimum atomic E-state index is -0.264. The average molecular weight is 397 g/mol. The summed E-state index contributed by atoms with van der Waals surface area (Å²) in [6, 6.07) is 20.5. The van der Waals surface area contributed by atoms with Gasteiger partial charge in [-0.25, -0.2) is 4.39 Å². The molecule has 0 fully saturated rings. The molecule has 3 heteroatoms. The standard InChI is InChI=1S/C25H26ClFO/c1-18-16-20(9-14-24(18)26)25(2,3)15-5-7-19-6-4-8-23(17-19)28-22-12-10-21(27)11-13-22/h4,6,8-14,16-17H,5,7,15H2,1-3H3. The Hall–Kier alpha value is -2.32. The van der Waals surface area contributed by atoms with Gasteiger partial charge in [0.1, 0.15) is 17.3 Å². The Morgan fingerprint density at radius 2 is 1.68 bits per heavy atom. The Labute approximate surface area is 172 Å². The molecule has 0 saturated heterocycles. The molecule has 0 heterocycles. The summed E-state index contributed by atoms with van der Waals surface area (Å²) in [7, 11) is 0. The molecule has 146 valence electrons. The van der Waals surface area contributed by atoms with E-state index >= 15 is 0 Å². The molecule has 0 saturated carbocycles. The van der Waals surface area contributed by atoms with Crippen LogP contribution in [0.4, 0.5) is 4.39 Å². The second-order valence-corrected chi connectivity index (χ2v) is 8.31. The van der Waals surface area contributed by atoms with Crippen molar-refractivity contribution in [1.29, 1.82) is 0 Å². The quantitative estimate of drug-likeness (QED) is 0.394. The third-order valence-corrected chi connectivity index (χ3v) is 5.58. The first-order valence-electron chi connectivity index (χ1n) is 9.62. The highest BCUT2D eigenvalue weighted by molar-refractivity contribution is 6.31. The van der Waals surface area contributed by atoms with Crippen molar-refractivity contribution in [3.8, 4) is 11.5 Å². The van der Waals surface area contributed by atoms with Gasteiger partial charge < -0.3 is 4.74 Å². The Bertz CT molecular complexity index is 932. The largest absolute Gasteiger partial charge is 0.457 e. The van der Waals surface area contributed by atoms with E-state index in [1.54, 1.807) is 12.1 Å². The van der Waals surface area contributed by atoms with Crippen molar-refractivity contribution >= 4 is 11.6 Å². The molecule has 0 radical (unpaired) electrons. The van der Waals surface area contributed by atoms with Crippen molar-refractivity contribution in [3.05, 3.63) is 94.3 Å². The molecule has 0 aliphatic rings. The van der Waals surface area contributed by atoms with E-state index in [4.69, 9.17) is 16.3 Å². The summed E-state index contributed by atoms with van der Waals surface area (Å²) in [4.78, 5) is 0. The zero-order valence-corrected chi connectivity index (χ0v) is 17.4. The van der Waals surface area contributed by atoms with Crippen LogP contribution >= 0.6 is 11.6 Å². The van der Waals surface area contributed by atoms with Gasteiger partial charge in [-0.3, -0.25) is 0 Å². The van der Waals surface area contributed by atoms with Crippen molar-refractivity contribution in [1.82, 2.24) is 0 Å². The number of rotatable bonds is 7. The first-order valence-corrected chi connectivity index (χ1v) is 10.0. The zero-order valence-electron chi connectivity index (χ0n) is 16.6. The summed E-state index contributed by atoms with van der Waals surface area (Å²) < 4.78 is 18.9. The Morgan fingerprint density at radius 3 is 2.39 bits per heavy atom. The lowest BCUT2D eigenvalue weighted by atomic mass is 9.79. The maximum atomic E-state index is 13.0. The first-order chi connectivity index (χ1) is 13.3. The molecule has 0 N–H and O–H groups in total. The van der Waals surface area contributed by atoms with E-state index in [9.17, 15) is 4.39 Å². The molecule has 3 rings (SSSR count). The predicted molar refractivity (Wildman–Crippen MR) is 115 cm³/mol. The van der Waals surface area contributed by atoms with Gasteiger partial charge in [-0.05, 0) is 90.8 Å². The number of hydrogen-bond acceptors (Lipinski definition) is 1. The van der Waals surface area contributed by atoms with Crippen LogP contribution in [0.25, 0.3) is 0 Å². The fourth-order valence-electron chi connectivity index (χ4n) is 3.35. The number of ether oxygens (including phenoxy) is 1. The van der Waals surface area contributed by atoms with Crippen LogP contribution < -0.4 is 4.74 Å². The summed E-state index contributed by atoms with van der Waals surface area (Å²) in [6.45, 7) is 6.61. The van der Waals surface area contributed by atoms with E-state index < -0.39 is 0 Å². The monoisotopic (exact) mass is 396 g/mol. The van der Waals surface area contributed by atoms with Gasteiger partial charge in [-0.1, -0.05) is 49.7 Å². The average Bonchev–Trinajstić information content (AvgIpc) is 2.66. The lowest BCUT2D eigenvalue weighted by molar-refractivity contribution is 0.459. The minimum Gasteiger partial charge on any atom is -0.457 e. The molecular formula is C25H26ClFO. The summed E-state index contributed by atoms with van der Waals surface area (Å²) in [6.07, 6.45) is 3.14. The van der Waals surface area contributed by atoms with E-state index in [1.165, 1.54) is 23.3 Å². The summed E-state index contributed by atoms with van der Waals surface area (Å²) >= 11 is 6.17. The van der Waals surface area contributed by atoms with Gasteiger partial charge in [0.15, 0.2) is 0 Å². The second-order valence-electron chi connectivity index (χ2n) is 7.90. The highest BCUT2D eigenvalue weighted by Crippen LogP contribution is 2.32. The molecule has 0 amide bonds. The van der Waals surface area contributed by atoms with E-state index in [-0.39, 0.29) is 11.2 Å². The second kappa shape index (κ2) is 8.79. The van der Waals surface area contributed by atoms with Gasteiger partial charge in [0.25, 0.3) is 0 Å². The van der Waals surface area contributed by atoms with Gasteiger partial charge in [0, 0.05) is 5.02 Å². The molecule has 3 aromatic rings. The molecule has 0 unspecified atom stereocenters. The van der Waals surface area contributed by atoms with Crippen LogP contribution in [0.15, 0.2) is 66.7 Å². The van der Waals surface area contributed by atoms with Crippen molar-refractivity contribution in [2.75, 3.05) is 0 Å². The summed E-state index contributed by atoms with van der Waals surface area (Å²) in [5.74, 6) is 1.15. The van der Waals surface area contributed by atoms with E-state index in [2.05, 4.69) is 45.0 Å². The number of aryl methyl sites for hydroxylation is 2. The van der Waals surface area contributed by atoms with Gasteiger partial charge >= 0.3 is 0 Å². The molecule has 0 bridgehead atoms. The lowest BCUT2D eigenvalue weighted by Gasteiger charge is -2.26. The van der Waals surface area contributed by atoms with Crippen molar-refractivity contribution in [2.45, 2.75) is 45.4 Å². The van der Waals surface area contributed by atoms with Crippen LogP contribution in [0.1, 0.15) is 43.4 Å². The fraction of sp³-hybridized carbons (Fsp3) is 0.280. The number of benzene rings is 3. The van der Waals surface area contributed by atoms with Crippen LogP contribution in [0.2, 0.25) is 5.02 Å². The highest BCUT2D eigenvalue weighted by atomic mass is 35.5. The van der Waals surface area contributed by atoms with Crippen molar-refractivity contribution < 1.29 is 9.13 Å². The maximum absolute atomic E-state index is 13.0. The van der Waals surface area contributed by atoms with E-state index in [0.717, 1.165) is 35.6 Å². The van der Waals surface area contributed by atoms with Crippen molar-refractivity contribution in [2.24, 2.45) is 0 Å². The molecule has 0 atom stereocenters. The number of halogens is 2. The topological polar surface area (TPSA) is 9.23 Å². The normalized spacial score (nSPS) is 11.5. The van der Waals surface area contributed by atoms with Crippen LogP contribution in [-0.2, 0) is 11.8 Å². The van der Waals surface area contributed by atoms with Gasteiger partial charge in [0.2, 0.25) is 0 Å². The maximum Gasteiger partial charge on any atom is 0.127 e. The molecule has 0 aliphatic carbocycles. The Balaban J connectivity index is 1.59. The molecule has 28 heavy (non-hydrogen) atoms. The van der Waals surface area contributed by atoms with E-state index in [1.807, 2.05) is 18.2 Å². The Morgan fingerprint density at radius 1 is 0.929 bits per heavy atom. The molecule has 3 aromatic carbocycles.